The van der Waals surface area contributed by atoms with Crippen LogP contribution in [0.5, 0.6) is 5.75 Å². The minimum absolute atomic E-state index is 0.00379. The van der Waals surface area contributed by atoms with Gasteiger partial charge in [0.15, 0.2) is 0 Å². The number of imidazole rings is 1. The number of benzene rings is 1. The molecule has 0 saturated carbocycles. The van der Waals surface area contributed by atoms with Gasteiger partial charge in [0.2, 0.25) is 0 Å². The molecule has 0 aliphatic carbocycles. The number of hydrogen-bond donors (Lipinski definition) is 0. The molecule has 1 aromatic heterocycles. The zero-order valence-electron chi connectivity index (χ0n) is 10.5. The van der Waals surface area contributed by atoms with Gasteiger partial charge in [0.1, 0.15) is 11.5 Å². The molecule has 0 aliphatic rings. The third kappa shape index (κ3) is 2.77. The van der Waals surface area contributed by atoms with Crippen molar-refractivity contribution in [2.75, 3.05) is 7.11 Å². The summed E-state index contributed by atoms with van der Waals surface area (Å²) in [6.07, 6.45) is 5.79. The molecule has 0 spiro atoms. The van der Waals surface area contributed by atoms with Crippen molar-refractivity contribution in [3.05, 3.63) is 48.5 Å². The van der Waals surface area contributed by atoms with Crippen molar-refractivity contribution in [3.63, 3.8) is 0 Å². The highest BCUT2D eigenvalue weighted by Gasteiger charge is 2.15. The van der Waals surface area contributed by atoms with Gasteiger partial charge in [0.05, 0.1) is 19.5 Å². The van der Waals surface area contributed by atoms with Crippen molar-refractivity contribution in [2.45, 2.75) is 19.4 Å². The van der Waals surface area contributed by atoms with E-state index in [2.05, 4.69) is 4.98 Å². The second-order valence-corrected chi connectivity index (χ2v) is 4.20. The van der Waals surface area contributed by atoms with Crippen LogP contribution < -0.4 is 4.74 Å². The number of nitrogens with zero attached hydrogens (tertiary/aromatic N) is 2. The Kier molecular flexibility index (Phi) is 3.77. The Morgan fingerprint density at radius 3 is 2.61 bits per heavy atom. The van der Waals surface area contributed by atoms with Crippen LogP contribution in [0.15, 0.2) is 43.0 Å². The summed E-state index contributed by atoms with van der Waals surface area (Å²) >= 11 is 0. The van der Waals surface area contributed by atoms with E-state index in [0.29, 0.717) is 6.42 Å². The SMILES string of the molecule is COc1ccc(C(CC(C)=O)n2ccnc2)cc1. The first-order valence-electron chi connectivity index (χ1n) is 5.81. The Morgan fingerprint density at radius 2 is 2.11 bits per heavy atom. The van der Waals surface area contributed by atoms with Gasteiger partial charge < -0.3 is 9.30 Å². The highest BCUT2D eigenvalue weighted by atomic mass is 16.5. The van der Waals surface area contributed by atoms with Gasteiger partial charge in [-0.1, -0.05) is 12.1 Å². The molecule has 1 unspecified atom stereocenters. The lowest BCUT2D eigenvalue weighted by molar-refractivity contribution is -0.117. The highest BCUT2D eigenvalue weighted by Crippen LogP contribution is 2.24. The topological polar surface area (TPSA) is 44.1 Å². The van der Waals surface area contributed by atoms with Crippen LogP contribution in [0.3, 0.4) is 0 Å². The maximum atomic E-state index is 11.4. The number of ketones is 1. The van der Waals surface area contributed by atoms with Gasteiger partial charge >= 0.3 is 0 Å². The number of Topliss-reactive ketones (excluding diaryl/α,β-unsaturated/α-hetero) is 1. The zero-order valence-corrected chi connectivity index (χ0v) is 10.5. The molecule has 2 aromatic rings. The third-order valence-electron chi connectivity index (χ3n) is 2.87. The molecule has 94 valence electrons. The van der Waals surface area contributed by atoms with Gasteiger partial charge in [0.25, 0.3) is 0 Å². The first-order valence-corrected chi connectivity index (χ1v) is 5.81. The maximum Gasteiger partial charge on any atom is 0.132 e. The summed E-state index contributed by atoms with van der Waals surface area (Å²) in [5.41, 5.74) is 1.07. The highest BCUT2D eigenvalue weighted by molar-refractivity contribution is 5.76. The number of aromatic nitrogens is 2. The summed E-state index contributed by atoms with van der Waals surface area (Å²) < 4.78 is 7.08. The minimum atomic E-state index is -0.00379. The number of carbonyl (C=O) groups is 1. The quantitative estimate of drug-likeness (QED) is 0.811. The predicted octanol–water partition coefficient (Wildman–Crippen LogP) is 2.46. The van der Waals surface area contributed by atoms with Crippen LogP contribution >= 0.6 is 0 Å². The normalized spacial score (nSPS) is 12.1. The zero-order chi connectivity index (χ0) is 13.0. The number of rotatable bonds is 5. The second kappa shape index (κ2) is 5.49. The van der Waals surface area contributed by atoms with E-state index in [1.54, 1.807) is 26.6 Å². The maximum absolute atomic E-state index is 11.4. The molecule has 1 heterocycles. The Morgan fingerprint density at radius 1 is 1.39 bits per heavy atom. The van der Waals surface area contributed by atoms with Gasteiger partial charge in [-0.25, -0.2) is 4.98 Å². The predicted molar refractivity (Wildman–Crippen MR) is 68.7 cm³/mol. The molecule has 2 rings (SSSR count). The average molecular weight is 244 g/mol. The van der Waals surface area contributed by atoms with E-state index in [1.807, 2.05) is 35.0 Å². The smallest absolute Gasteiger partial charge is 0.132 e. The molecule has 0 fully saturated rings. The lowest BCUT2D eigenvalue weighted by Crippen LogP contribution is -2.12. The number of carbonyl (C=O) groups excluding carboxylic acids is 1. The van der Waals surface area contributed by atoms with Crippen LogP contribution in [-0.4, -0.2) is 22.4 Å². The summed E-state index contributed by atoms with van der Waals surface area (Å²) in [4.78, 5) is 15.4. The molecule has 0 bridgehead atoms. The van der Waals surface area contributed by atoms with Gasteiger partial charge in [-0.15, -0.1) is 0 Å². The van der Waals surface area contributed by atoms with Crippen LogP contribution in [0.2, 0.25) is 0 Å². The summed E-state index contributed by atoms with van der Waals surface area (Å²) in [5.74, 6) is 0.968. The fourth-order valence-corrected chi connectivity index (χ4v) is 1.95. The Bertz CT molecular complexity index is 503. The third-order valence-corrected chi connectivity index (χ3v) is 2.87. The molecular weight excluding hydrogens is 228 g/mol. The molecule has 1 atom stereocenters. The monoisotopic (exact) mass is 244 g/mol. The molecule has 0 aliphatic heterocycles. The van der Waals surface area contributed by atoms with E-state index >= 15 is 0 Å². The van der Waals surface area contributed by atoms with Crippen molar-refractivity contribution >= 4 is 5.78 Å². The van der Waals surface area contributed by atoms with Gasteiger partial charge in [-0.05, 0) is 24.6 Å². The van der Waals surface area contributed by atoms with Crippen molar-refractivity contribution in [1.29, 1.82) is 0 Å². The van der Waals surface area contributed by atoms with Gasteiger partial charge in [-0.2, -0.15) is 0 Å². The molecule has 0 radical (unpaired) electrons. The molecule has 0 N–H and O–H groups in total. The van der Waals surface area contributed by atoms with Crippen LogP contribution in [0.25, 0.3) is 0 Å². The number of ether oxygens (including phenoxy) is 1. The fraction of sp³-hybridized carbons (Fsp3) is 0.286. The Hall–Kier alpha value is -2.10. The van der Waals surface area contributed by atoms with Crippen molar-refractivity contribution in [1.82, 2.24) is 9.55 Å². The molecule has 4 heteroatoms. The number of hydrogen-bond acceptors (Lipinski definition) is 3. The summed E-state index contributed by atoms with van der Waals surface area (Å²) in [5, 5.41) is 0. The van der Waals surface area contributed by atoms with E-state index in [-0.39, 0.29) is 11.8 Å². The molecule has 18 heavy (non-hydrogen) atoms. The van der Waals surface area contributed by atoms with Crippen LogP contribution in [-0.2, 0) is 4.79 Å². The largest absolute Gasteiger partial charge is 0.497 e. The van der Waals surface area contributed by atoms with Crippen molar-refractivity contribution in [2.24, 2.45) is 0 Å². The van der Waals surface area contributed by atoms with Gasteiger partial charge in [-0.3, -0.25) is 4.79 Å². The van der Waals surface area contributed by atoms with E-state index in [1.165, 1.54) is 0 Å². The molecule has 0 amide bonds. The fourth-order valence-electron chi connectivity index (χ4n) is 1.95. The minimum Gasteiger partial charge on any atom is -0.497 e. The standard InChI is InChI=1S/C14H16N2O2/c1-11(17)9-14(16-8-7-15-10-16)12-3-5-13(18-2)6-4-12/h3-8,10,14H,9H2,1-2H3. The number of methoxy groups -OCH3 is 1. The molecule has 1 aromatic carbocycles. The van der Waals surface area contributed by atoms with E-state index in [9.17, 15) is 4.79 Å². The first-order chi connectivity index (χ1) is 8.70. The molecule has 4 nitrogen and oxygen atoms in total. The first kappa shape index (κ1) is 12.4. The van der Waals surface area contributed by atoms with Gasteiger partial charge in [0, 0.05) is 18.8 Å². The summed E-state index contributed by atoms with van der Waals surface area (Å²) in [6, 6.07) is 7.76. The Balaban J connectivity index is 2.30. The van der Waals surface area contributed by atoms with E-state index in [0.717, 1.165) is 11.3 Å². The average Bonchev–Trinajstić information content (AvgIpc) is 2.89. The lowest BCUT2D eigenvalue weighted by atomic mass is 10.0. The van der Waals surface area contributed by atoms with Crippen molar-refractivity contribution in [3.8, 4) is 5.75 Å². The van der Waals surface area contributed by atoms with E-state index in [4.69, 9.17) is 4.74 Å². The Labute approximate surface area is 106 Å². The lowest BCUT2D eigenvalue weighted by Gasteiger charge is -2.17. The summed E-state index contributed by atoms with van der Waals surface area (Å²) in [7, 11) is 1.64. The van der Waals surface area contributed by atoms with Crippen molar-refractivity contribution < 1.29 is 9.53 Å². The molecule has 0 saturated heterocycles. The molecular formula is C14H16N2O2. The van der Waals surface area contributed by atoms with Crippen LogP contribution in [0, 0.1) is 0 Å². The van der Waals surface area contributed by atoms with E-state index < -0.39 is 0 Å². The second-order valence-electron chi connectivity index (χ2n) is 4.20. The van der Waals surface area contributed by atoms with Crippen LogP contribution in [0.4, 0.5) is 0 Å². The van der Waals surface area contributed by atoms with Crippen LogP contribution in [0.1, 0.15) is 24.9 Å². The summed E-state index contributed by atoms with van der Waals surface area (Å²) in [6.45, 7) is 1.60.